The average Bonchev–Trinajstić information content (AvgIpc) is 2.53. The van der Waals surface area contributed by atoms with Crippen LogP contribution in [0.2, 0.25) is 0 Å². The van der Waals surface area contributed by atoms with Gasteiger partial charge >= 0.3 is 5.97 Å². The van der Waals surface area contributed by atoms with E-state index in [0.717, 1.165) is 30.8 Å². The van der Waals surface area contributed by atoms with Crippen LogP contribution in [0.15, 0.2) is 42.5 Å². The van der Waals surface area contributed by atoms with E-state index in [9.17, 15) is 15.0 Å². The summed E-state index contributed by atoms with van der Waals surface area (Å²) < 4.78 is 5.55. The van der Waals surface area contributed by atoms with Crippen LogP contribution in [0.4, 0.5) is 0 Å². The maximum Gasteiger partial charge on any atom is 0.336 e. The van der Waals surface area contributed by atoms with Gasteiger partial charge < -0.3 is 14.9 Å². The third-order valence-corrected chi connectivity index (χ3v) is 3.73. The monoisotopic (exact) mass is 284 g/mol. The molecule has 1 heterocycles. The van der Waals surface area contributed by atoms with E-state index in [4.69, 9.17) is 4.74 Å². The van der Waals surface area contributed by atoms with Crippen molar-refractivity contribution in [3.05, 3.63) is 64.7 Å². The number of carboxylic acids is 1. The predicted molar refractivity (Wildman–Crippen MR) is 77.7 cm³/mol. The van der Waals surface area contributed by atoms with Gasteiger partial charge in [0.2, 0.25) is 0 Å². The lowest BCUT2D eigenvalue weighted by molar-refractivity contribution is 0.0691. The largest absolute Gasteiger partial charge is 0.493 e. The van der Waals surface area contributed by atoms with Crippen molar-refractivity contribution in [2.75, 3.05) is 6.61 Å². The molecule has 0 radical (unpaired) electrons. The maximum absolute atomic E-state index is 11.3. The molecule has 0 saturated carbocycles. The number of fused-ring (bicyclic) bond motifs is 1. The smallest absolute Gasteiger partial charge is 0.336 e. The van der Waals surface area contributed by atoms with E-state index in [0.29, 0.717) is 11.1 Å². The van der Waals surface area contributed by atoms with Crippen molar-refractivity contribution in [2.45, 2.75) is 18.9 Å². The van der Waals surface area contributed by atoms with Crippen molar-refractivity contribution in [1.29, 1.82) is 0 Å². The van der Waals surface area contributed by atoms with E-state index in [2.05, 4.69) is 0 Å². The molecule has 0 aromatic heterocycles. The summed E-state index contributed by atoms with van der Waals surface area (Å²) in [6, 6.07) is 12.1. The molecule has 0 spiro atoms. The molecular weight excluding hydrogens is 268 g/mol. The van der Waals surface area contributed by atoms with Gasteiger partial charge in [-0.25, -0.2) is 4.79 Å². The van der Waals surface area contributed by atoms with Gasteiger partial charge in [-0.2, -0.15) is 0 Å². The first-order valence-corrected chi connectivity index (χ1v) is 6.93. The minimum Gasteiger partial charge on any atom is -0.493 e. The Morgan fingerprint density at radius 3 is 2.81 bits per heavy atom. The number of aryl methyl sites for hydroxylation is 1. The van der Waals surface area contributed by atoms with Crippen molar-refractivity contribution in [2.24, 2.45) is 0 Å². The minimum atomic E-state index is -1.04. The third-order valence-electron chi connectivity index (χ3n) is 3.73. The second kappa shape index (κ2) is 5.58. The van der Waals surface area contributed by atoms with Crippen LogP contribution in [0.1, 0.15) is 39.6 Å². The molecule has 2 aromatic carbocycles. The standard InChI is InChI=1S/C17H16O4/c18-16(13-5-1-2-6-14(13)17(19)20)12-7-8-15-11(10-12)4-3-9-21-15/h1-2,5-8,10,16,18H,3-4,9H2,(H,19,20). The molecule has 108 valence electrons. The fraction of sp³-hybridized carbons (Fsp3) is 0.235. The Hall–Kier alpha value is -2.33. The first-order valence-electron chi connectivity index (χ1n) is 6.93. The zero-order valence-electron chi connectivity index (χ0n) is 11.5. The van der Waals surface area contributed by atoms with Crippen molar-refractivity contribution in [3.8, 4) is 5.75 Å². The number of aromatic carboxylic acids is 1. The lowest BCUT2D eigenvalue weighted by Crippen LogP contribution is -2.11. The highest BCUT2D eigenvalue weighted by Gasteiger charge is 2.20. The lowest BCUT2D eigenvalue weighted by Gasteiger charge is -2.20. The molecule has 3 rings (SSSR count). The molecule has 2 N–H and O–H groups in total. The fourth-order valence-electron chi connectivity index (χ4n) is 2.66. The minimum absolute atomic E-state index is 0.124. The zero-order valence-corrected chi connectivity index (χ0v) is 11.5. The Morgan fingerprint density at radius 1 is 1.19 bits per heavy atom. The average molecular weight is 284 g/mol. The van der Waals surface area contributed by atoms with Crippen LogP contribution in [-0.2, 0) is 6.42 Å². The van der Waals surface area contributed by atoms with E-state index in [-0.39, 0.29) is 5.56 Å². The Balaban J connectivity index is 1.99. The van der Waals surface area contributed by atoms with Gasteiger partial charge in [-0.05, 0) is 47.7 Å². The molecule has 0 saturated heterocycles. The number of ether oxygens (including phenoxy) is 1. The van der Waals surface area contributed by atoms with Crippen molar-refractivity contribution in [1.82, 2.24) is 0 Å². The number of aliphatic hydroxyl groups excluding tert-OH is 1. The highest BCUT2D eigenvalue weighted by molar-refractivity contribution is 5.89. The Morgan fingerprint density at radius 2 is 2.00 bits per heavy atom. The molecule has 1 aliphatic rings. The summed E-state index contributed by atoms with van der Waals surface area (Å²) >= 11 is 0. The van der Waals surface area contributed by atoms with E-state index >= 15 is 0 Å². The number of hydrogen-bond acceptors (Lipinski definition) is 3. The summed E-state index contributed by atoms with van der Waals surface area (Å²) in [5, 5.41) is 19.7. The lowest BCUT2D eigenvalue weighted by atomic mass is 9.94. The first-order chi connectivity index (χ1) is 10.2. The number of carboxylic acid groups (broad SMARTS) is 1. The van der Waals surface area contributed by atoms with Gasteiger partial charge in [0.25, 0.3) is 0 Å². The maximum atomic E-state index is 11.3. The molecular formula is C17H16O4. The summed E-state index contributed by atoms with van der Waals surface area (Å²) in [5.41, 5.74) is 2.28. The molecule has 0 aliphatic carbocycles. The molecule has 0 amide bonds. The number of carbonyl (C=O) groups is 1. The Bertz CT molecular complexity index is 678. The Labute approximate surface area is 122 Å². The van der Waals surface area contributed by atoms with Crippen molar-refractivity contribution >= 4 is 5.97 Å². The second-order valence-corrected chi connectivity index (χ2v) is 5.11. The van der Waals surface area contributed by atoms with E-state index in [1.807, 2.05) is 12.1 Å². The summed E-state index contributed by atoms with van der Waals surface area (Å²) in [6.45, 7) is 0.719. The van der Waals surface area contributed by atoms with E-state index in [1.54, 1.807) is 24.3 Å². The molecule has 4 heteroatoms. The summed E-state index contributed by atoms with van der Waals surface area (Å²) in [5.74, 6) is -0.185. The van der Waals surface area contributed by atoms with Crippen molar-refractivity contribution in [3.63, 3.8) is 0 Å². The normalized spacial score (nSPS) is 14.9. The number of rotatable bonds is 3. The van der Waals surface area contributed by atoms with Gasteiger partial charge in [-0.1, -0.05) is 24.3 Å². The van der Waals surface area contributed by atoms with Crippen LogP contribution < -0.4 is 4.74 Å². The molecule has 0 fully saturated rings. The molecule has 21 heavy (non-hydrogen) atoms. The predicted octanol–water partition coefficient (Wildman–Crippen LogP) is 2.79. The molecule has 4 nitrogen and oxygen atoms in total. The molecule has 1 unspecified atom stereocenters. The van der Waals surface area contributed by atoms with Crippen LogP contribution in [0.25, 0.3) is 0 Å². The summed E-state index contributed by atoms with van der Waals surface area (Å²) in [4.78, 5) is 11.3. The van der Waals surface area contributed by atoms with Crippen LogP contribution in [0.3, 0.4) is 0 Å². The van der Waals surface area contributed by atoms with E-state index in [1.165, 1.54) is 6.07 Å². The number of aliphatic hydroxyl groups is 1. The van der Waals surface area contributed by atoms with Crippen LogP contribution in [0, 0.1) is 0 Å². The fourth-order valence-corrected chi connectivity index (χ4v) is 2.66. The zero-order chi connectivity index (χ0) is 14.8. The van der Waals surface area contributed by atoms with Crippen LogP contribution in [0.5, 0.6) is 5.75 Å². The summed E-state index contributed by atoms with van der Waals surface area (Å²) in [6.07, 6.45) is 0.916. The van der Waals surface area contributed by atoms with Gasteiger partial charge in [-0.3, -0.25) is 0 Å². The third kappa shape index (κ3) is 2.62. The SMILES string of the molecule is O=C(O)c1ccccc1C(O)c1ccc2c(c1)CCCO2. The van der Waals surface area contributed by atoms with Gasteiger partial charge in [0.1, 0.15) is 11.9 Å². The quantitative estimate of drug-likeness (QED) is 0.909. The molecule has 2 aromatic rings. The van der Waals surface area contributed by atoms with Crippen LogP contribution in [-0.4, -0.2) is 22.8 Å². The summed E-state index contributed by atoms with van der Waals surface area (Å²) in [7, 11) is 0. The topological polar surface area (TPSA) is 66.8 Å². The highest BCUT2D eigenvalue weighted by Crippen LogP contribution is 2.31. The highest BCUT2D eigenvalue weighted by atomic mass is 16.5. The molecule has 1 aliphatic heterocycles. The molecule has 1 atom stereocenters. The number of hydrogen-bond donors (Lipinski definition) is 2. The van der Waals surface area contributed by atoms with Gasteiger partial charge in [0.15, 0.2) is 0 Å². The van der Waals surface area contributed by atoms with Gasteiger partial charge in [0, 0.05) is 0 Å². The number of benzene rings is 2. The van der Waals surface area contributed by atoms with Gasteiger partial charge in [-0.15, -0.1) is 0 Å². The molecule has 0 bridgehead atoms. The van der Waals surface area contributed by atoms with E-state index < -0.39 is 12.1 Å². The van der Waals surface area contributed by atoms with Crippen LogP contribution >= 0.6 is 0 Å². The van der Waals surface area contributed by atoms with Crippen molar-refractivity contribution < 1.29 is 19.7 Å². The Kier molecular flexibility index (Phi) is 3.62. The second-order valence-electron chi connectivity index (χ2n) is 5.11. The van der Waals surface area contributed by atoms with Gasteiger partial charge in [0.05, 0.1) is 12.2 Å². The first kappa shape index (κ1) is 13.6.